The largest absolute Gasteiger partial charge is 0.331 e. The highest BCUT2D eigenvalue weighted by Crippen LogP contribution is 2.10. The van der Waals surface area contributed by atoms with Crippen LogP contribution in [-0.2, 0) is 0 Å². The van der Waals surface area contributed by atoms with Crippen molar-refractivity contribution in [3.8, 4) is 0 Å². The minimum absolute atomic E-state index is 0.251. The maximum Gasteiger partial charge on any atom is 0.259 e. The molecule has 1 amide bonds. The molecule has 0 saturated carbocycles. The van der Waals surface area contributed by atoms with E-state index in [-0.39, 0.29) is 5.91 Å². The van der Waals surface area contributed by atoms with Gasteiger partial charge in [-0.1, -0.05) is 0 Å². The van der Waals surface area contributed by atoms with Crippen LogP contribution in [0.3, 0.4) is 0 Å². The van der Waals surface area contributed by atoms with Gasteiger partial charge in [-0.05, 0) is 22.0 Å². The van der Waals surface area contributed by atoms with Crippen molar-refractivity contribution in [1.29, 1.82) is 0 Å². The van der Waals surface area contributed by atoms with Gasteiger partial charge in [-0.2, -0.15) is 0 Å². The molecule has 2 aromatic heterocycles. The van der Waals surface area contributed by atoms with E-state index in [4.69, 9.17) is 0 Å². The number of imidazole rings is 1. The van der Waals surface area contributed by atoms with Crippen molar-refractivity contribution in [3.63, 3.8) is 0 Å². The molecule has 0 unspecified atom stereocenters. The quantitative estimate of drug-likeness (QED) is 0.871. The molecule has 0 spiro atoms. The van der Waals surface area contributed by atoms with Crippen molar-refractivity contribution >= 4 is 27.8 Å². The van der Waals surface area contributed by atoms with Gasteiger partial charge in [0.15, 0.2) is 0 Å². The number of hydrogen-bond donors (Lipinski definition) is 2. The summed E-state index contributed by atoms with van der Waals surface area (Å²) in [6.45, 7) is 0. The summed E-state index contributed by atoms with van der Waals surface area (Å²) in [6, 6.07) is 1.69. The zero-order chi connectivity index (χ0) is 10.7. The fourth-order valence-electron chi connectivity index (χ4n) is 1.05. The topological polar surface area (TPSA) is 70.7 Å². The lowest BCUT2D eigenvalue weighted by atomic mass is 10.3. The molecule has 5 nitrogen and oxygen atoms in total. The molecule has 0 saturated heterocycles. The van der Waals surface area contributed by atoms with Crippen molar-refractivity contribution in [2.75, 3.05) is 5.32 Å². The molecule has 0 aliphatic rings. The van der Waals surface area contributed by atoms with E-state index in [2.05, 4.69) is 36.2 Å². The number of hydrogen-bond acceptors (Lipinski definition) is 3. The minimum atomic E-state index is -0.251. The molecule has 76 valence electrons. The minimum Gasteiger partial charge on any atom is -0.331 e. The van der Waals surface area contributed by atoms with E-state index in [1.807, 2.05) is 0 Å². The van der Waals surface area contributed by atoms with E-state index in [0.717, 1.165) is 4.47 Å². The number of anilines is 1. The zero-order valence-corrected chi connectivity index (χ0v) is 9.15. The molecule has 0 fully saturated rings. The first-order valence-electron chi connectivity index (χ1n) is 4.17. The van der Waals surface area contributed by atoms with E-state index in [0.29, 0.717) is 11.5 Å². The van der Waals surface area contributed by atoms with E-state index < -0.39 is 0 Å². The Hall–Kier alpha value is -1.69. The highest BCUT2D eigenvalue weighted by atomic mass is 79.9. The maximum absolute atomic E-state index is 11.6. The molecule has 2 heterocycles. The van der Waals surface area contributed by atoms with Crippen LogP contribution in [-0.4, -0.2) is 20.9 Å². The molecule has 0 radical (unpaired) electrons. The van der Waals surface area contributed by atoms with E-state index in [1.54, 1.807) is 24.7 Å². The first-order chi connectivity index (χ1) is 7.25. The summed E-state index contributed by atoms with van der Waals surface area (Å²) in [7, 11) is 0. The van der Waals surface area contributed by atoms with Crippen molar-refractivity contribution in [2.45, 2.75) is 0 Å². The maximum atomic E-state index is 11.6. The molecule has 2 N–H and O–H groups in total. The number of carbonyl (C=O) groups excluding carboxylic acids is 1. The number of nitrogens with zero attached hydrogens (tertiary/aromatic N) is 2. The highest BCUT2D eigenvalue weighted by Gasteiger charge is 2.07. The second-order valence-electron chi connectivity index (χ2n) is 2.78. The van der Waals surface area contributed by atoms with Crippen LogP contribution < -0.4 is 5.32 Å². The zero-order valence-electron chi connectivity index (χ0n) is 7.57. The number of amides is 1. The van der Waals surface area contributed by atoms with Gasteiger partial charge < -0.3 is 4.98 Å². The molecule has 2 rings (SSSR count). The monoisotopic (exact) mass is 266 g/mol. The molecule has 0 bridgehead atoms. The van der Waals surface area contributed by atoms with Crippen LogP contribution in [0.1, 0.15) is 10.4 Å². The first kappa shape index (κ1) is 9.85. The third-order valence-electron chi connectivity index (χ3n) is 1.70. The second kappa shape index (κ2) is 4.22. The van der Waals surface area contributed by atoms with Crippen LogP contribution in [0.5, 0.6) is 0 Å². The average molecular weight is 267 g/mol. The smallest absolute Gasteiger partial charge is 0.259 e. The van der Waals surface area contributed by atoms with Gasteiger partial charge in [0.05, 0.1) is 5.56 Å². The van der Waals surface area contributed by atoms with Gasteiger partial charge in [0, 0.05) is 29.3 Å². The molecule has 0 aliphatic heterocycles. The molecule has 0 aromatic carbocycles. The summed E-state index contributed by atoms with van der Waals surface area (Å²) < 4.78 is 0.759. The first-order valence-corrected chi connectivity index (χ1v) is 4.96. The van der Waals surface area contributed by atoms with Gasteiger partial charge >= 0.3 is 0 Å². The molecule has 15 heavy (non-hydrogen) atoms. The van der Waals surface area contributed by atoms with E-state index in [1.165, 1.54) is 6.20 Å². The standard InChI is InChI=1S/C9H7BrN4O/c10-7-3-6(4-11-5-7)8(15)14-9-12-1-2-13-9/h1-5H,(H2,12,13,14,15). The Morgan fingerprint density at radius 3 is 3.00 bits per heavy atom. The molecule has 6 heteroatoms. The Balaban J connectivity index is 2.15. The Morgan fingerprint density at radius 2 is 2.33 bits per heavy atom. The molecule has 0 atom stereocenters. The predicted molar refractivity (Wildman–Crippen MR) is 58.5 cm³/mol. The van der Waals surface area contributed by atoms with Gasteiger partial charge in [-0.3, -0.25) is 15.1 Å². The fourth-order valence-corrected chi connectivity index (χ4v) is 1.41. The molecular weight excluding hydrogens is 260 g/mol. The third kappa shape index (κ3) is 2.41. The van der Waals surface area contributed by atoms with Gasteiger partial charge in [0.2, 0.25) is 5.95 Å². The van der Waals surface area contributed by atoms with Crippen LogP contribution >= 0.6 is 15.9 Å². The highest BCUT2D eigenvalue weighted by molar-refractivity contribution is 9.10. The summed E-state index contributed by atoms with van der Waals surface area (Å²) in [5.41, 5.74) is 0.473. The summed E-state index contributed by atoms with van der Waals surface area (Å²) in [4.78, 5) is 22.2. The van der Waals surface area contributed by atoms with Crippen molar-refractivity contribution in [1.82, 2.24) is 15.0 Å². The summed E-state index contributed by atoms with van der Waals surface area (Å²) in [6.07, 6.45) is 6.30. The van der Waals surface area contributed by atoms with Gasteiger partial charge in [-0.25, -0.2) is 4.98 Å². The number of aromatic nitrogens is 3. The van der Waals surface area contributed by atoms with Gasteiger partial charge in [-0.15, -0.1) is 0 Å². The summed E-state index contributed by atoms with van der Waals surface area (Å²) in [5.74, 6) is 0.165. The molecule has 0 aliphatic carbocycles. The Kier molecular flexibility index (Phi) is 2.77. The number of carbonyl (C=O) groups is 1. The second-order valence-corrected chi connectivity index (χ2v) is 3.70. The SMILES string of the molecule is O=C(Nc1ncc[nH]1)c1cncc(Br)c1. The number of rotatable bonds is 2. The van der Waals surface area contributed by atoms with Crippen molar-refractivity contribution < 1.29 is 4.79 Å². The Labute approximate surface area is 94.1 Å². The van der Waals surface area contributed by atoms with Gasteiger partial charge in [0.1, 0.15) is 0 Å². The van der Waals surface area contributed by atoms with Crippen LogP contribution in [0.25, 0.3) is 0 Å². The van der Waals surface area contributed by atoms with Crippen molar-refractivity contribution in [2.24, 2.45) is 0 Å². The number of H-pyrrole nitrogens is 1. The normalized spacial score (nSPS) is 9.93. The summed E-state index contributed by atoms with van der Waals surface area (Å²) >= 11 is 3.24. The third-order valence-corrected chi connectivity index (χ3v) is 2.13. The lowest BCUT2D eigenvalue weighted by molar-refractivity contribution is 0.102. The lowest BCUT2D eigenvalue weighted by Gasteiger charge is -2.01. The number of nitrogens with one attached hydrogen (secondary N) is 2. The Bertz CT molecular complexity index is 469. The van der Waals surface area contributed by atoms with Crippen LogP contribution in [0.2, 0.25) is 0 Å². The number of halogens is 1. The number of pyridine rings is 1. The summed E-state index contributed by atoms with van der Waals surface area (Å²) in [5, 5.41) is 2.60. The average Bonchev–Trinajstić information content (AvgIpc) is 2.70. The predicted octanol–water partition coefficient (Wildman–Crippen LogP) is 1.82. The van der Waals surface area contributed by atoms with Crippen molar-refractivity contribution in [3.05, 3.63) is 40.9 Å². The molecule has 2 aromatic rings. The number of aromatic amines is 1. The van der Waals surface area contributed by atoms with Gasteiger partial charge in [0.25, 0.3) is 5.91 Å². The van der Waals surface area contributed by atoms with Crippen LogP contribution in [0.15, 0.2) is 35.3 Å². The molecular formula is C9H7BrN4O. The van der Waals surface area contributed by atoms with E-state index >= 15 is 0 Å². The van der Waals surface area contributed by atoms with Crippen LogP contribution in [0, 0.1) is 0 Å². The van der Waals surface area contributed by atoms with Crippen LogP contribution in [0.4, 0.5) is 5.95 Å². The lowest BCUT2D eigenvalue weighted by Crippen LogP contribution is -2.13. The fraction of sp³-hybridized carbons (Fsp3) is 0. The Morgan fingerprint density at radius 1 is 1.47 bits per heavy atom. The van der Waals surface area contributed by atoms with E-state index in [9.17, 15) is 4.79 Å².